The summed E-state index contributed by atoms with van der Waals surface area (Å²) in [4.78, 5) is 23.1. The maximum absolute atomic E-state index is 11.6. The first-order valence-corrected chi connectivity index (χ1v) is 4.41. The number of aliphatic hydroxyl groups is 1. The van der Waals surface area contributed by atoms with Crippen molar-refractivity contribution in [2.75, 3.05) is 6.61 Å². The highest BCUT2D eigenvalue weighted by molar-refractivity contribution is 6.20. The van der Waals surface area contributed by atoms with Gasteiger partial charge in [-0.05, 0) is 6.92 Å². The Bertz CT molecular complexity index is 364. The molecule has 0 amide bonds. The molecule has 1 aliphatic heterocycles. The fourth-order valence-corrected chi connectivity index (χ4v) is 1.63. The standard InChI is InChI=1S/C10H10O4/c1-2-3-5-6(4-11)8(13)10-9(14-10)7(5)12/h2-3,9-11H,4H2,1H3/b3-2+/t9-,10+/m0/s1. The molecule has 2 rings (SSSR count). The van der Waals surface area contributed by atoms with Crippen LogP contribution in [0.4, 0.5) is 0 Å². The van der Waals surface area contributed by atoms with Crippen LogP contribution >= 0.6 is 0 Å². The largest absolute Gasteiger partial charge is 0.392 e. The number of epoxide rings is 1. The van der Waals surface area contributed by atoms with E-state index in [-0.39, 0.29) is 17.1 Å². The smallest absolute Gasteiger partial charge is 0.195 e. The second-order valence-corrected chi connectivity index (χ2v) is 3.26. The Morgan fingerprint density at radius 2 is 2.00 bits per heavy atom. The van der Waals surface area contributed by atoms with Gasteiger partial charge < -0.3 is 9.84 Å². The Hall–Kier alpha value is -1.26. The summed E-state index contributed by atoms with van der Waals surface area (Å²) in [5.74, 6) is -0.457. The van der Waals surface area contributed by atoms with Gasteiger partial charge in [0, 0.05) is 11.1 Å². The number of aliphatic hydroxyl groups excluding tert-OH is 1. The molecule has 0 saturated carbocycles. The van der Waals surface area contributed by atoms with Gasteiger partial charge in [0.15, 0.2) is 23.8 Å². The second kappa shape index (κ2) is 3.15. The average molecular weight is 194 g/mol. The van der Waals surface area contributed by atoms with Crippen LogP contribution in [0, 0.1) is 0 Å². The summed E-state index contributed by atoms with van der Waals surface area (Å²) in [6, 6.07) is 0. The van der Waals surface area contributed by atoms with Crippen molar-refractivity contribution in [3.05, 3.63) is 23.3 Å². The Balaban J connectivity index is 2.46. The highest BCUT2D eigenvalue weighted by Gasteiger charge is 2.55. The van der Waals surface area contributed by atoms with Crippen LogP contribution in [0.1, 0.15) is 6.92 Å². The summed E-state index contributed by atoms with van der Waals surface area (Å²) in [6.07, 6.45) is 1.99. The molecule has 0 unspecified atom stereocenters. The molecule has 0 aromatic rings. The molecule has 1 fully saturated rings. The SMILES string of the molecule is C/C=C/C1=C(CO)C(=O)[C@H]2O[C@H]2C1=O. The Morgan fingerprint density at radius 3 is 2.57 bits per heavy atom. The van der Waals surface area contributed by atoms with Crippen LogP contribution in [0.15, 0.2) is 23.3 Å². The first-order valence-electron chi connectivity index (χ1n) is 4.41. The maximum Gasteiger partial charge on any atom is 0.195 e. The van der Waals surface area contributed by atoms with Crippen LogP contribution in [0.5, 0.6) is 0 Å². The molecule has 1 heterocycles. The van der Waals surface area contributed by atoms with E-state index in [4.69, 9.17) is 9.84 Å². The second-order valence-electron chi connectivity index (χ2n) is 3.26. The topological polar surface area (TPSA) is 66.9 Å². The van der Waals surface area contributed by atoms with Crippen molar-refractivity contribution in [2.24, 2.45) is 0 Å². The van der Waals surface area contributed by atoms with Crippen LogP contribution in [0.3, 0.4) is 0 Å². The summed E-state index contributed by atoms with van der Waals surface area (Å²) < 4.78 is 4.93. The highest BCUT2D eigenvalue weighted by Crippen LogP contribution is 2.35. The summed E-state index contributed by atoms with van der Waals surface area (Å²) in [5.41, 5.74) is 0.464. The lowest BCUT2D eigenvalue weighted by molar-refractivity contribution is -0.120. The van der Waals surface area contributed by atoms with Gasteiger partial charge in [-0.2, -0.15) is 0 Å². The number of hydrogen-bond acceptors (Lipinski definition) is 4. The Kier molecular flexibility index (Phi) is 2.09. The van der Waals surface area contributed by atoms with Crippen LogP contribution < -0.4 is 0 Å². The number of carbonyl (C=O) groups excluding carboxylic acids is 2. The van der Waals surface area contributed by atoms with Gasteiger partial charge in [-0.25, -0.2) is 0 Å². The molecule has 1 N–H and O–H groups in total. The first kappa shape index (κ1) is 9.30. The number of allylic oxidation sites excluding steroid dienone is 2. The minimum Gasteiger partial charge on any atom is -0.392 e. The monoisotopic (exact) mass is 194 g/mol. The number of ketones is 2. The molecule has 4 heteroatoms. The van der Waals surface area contributed by atoms with Gasteiger partial charge >= 0.3 is 0 Å². The molecule has 0 spiro atoms. The van der Waals surface area contributed by atoms with Crippen molar-refractivity contribution >= 4 is 11.6 Å². The number of Topliss-reactive ketones (excluding diaryl/α,β-unsaturated/α-hetero) is 2. The molecule has 1 aliphatic carbocycles. The predicted molar refractivity (Wildman–Crippen MR) is 47.6 cm³/mol. The molecule has 2 atom stereocenters. The van der Waals surface area contributed by atoms with E-state index in [0.29, 0.717) is 5.57 Å². The molecule has 0 radical (unpaired) electrons. The van der Waals surface area contributed by atoms with E-state index in [1.54, 1.807) is 19.1 Å². The lowest BCUT2D eigenvalue weighted by atomic mass is 9.90. The molecule has 1 saturated heterocycles. The summed E-state index contributed by atoms with van der Waals surface area (Å²) >= 11 is 0. The summed E-state index contributed by atoms with van der Waals surface area (Å²) in [6.45, 7) is 1.34. The fourth-order valence-electron chi connectivity index (χ4n) is 1.63. The highest BCUT2D eigenvalue weighted by atomic mass is 16.6. The van der Waals surface area contributed by atoms with Crippen molar-refractivity contribution in [3.63, 3.8) is 0 Å². The van der Waals surface area contributed by atoms with Crippen LogP contribution in [0.25, 0.3) is 0 Å². The Morgan fingerprint density at radius 1 is 1.36 bits per heavy atom. The average Bonchev–Trinajstić information content (AvgIpc) is 2.94. The van der Waals surface area contributed by atoms with Gasteiger partial charge in [0.2, 0.25) is 0 Å². The van der Waals surface area contributed by atoms with E-state index in [1.807, 2.05) is 0 Å². The summed E-state index contributed by atoms with van der Waals surface area (Å²) in [5, 5.41) is 8.99. The van der Waals surface area contributed by atoms with E-state index >= 15 is 0 Å². The van der Waals surface area contributed by atoms with E-state index in [2.05, 4.69) is 0 Å². The fraction of sp³-hybridized carbons (Fsp3) is 0.400. The third kappa shape index (κ3) is 1.15. The number of hydrogen-bond donors (Lipinski definition) is 1. The predicted octanol–water partition coefficient (Wildman–Crippen LogP) is -0.229. The van der Waals surface area contributed by atoms with Crippen molar-refractivity contribution < 1.29 is 19.4 Å². The Labute approximate surface area is 80.9 Å². The normalized spacial score (nSPS) is 31.3. The van der Waals surface area contributed by atoms with Crippen molar-refractivity contribution in [1.82, 2.24) is 0 Å². The molecule has 4 nitrogen and oxygen atoms in total. The van der Waals surface area contributed by atoms with E-state index in [1.165, 1.54) is 0 Å². The van der Waals surface area contributed by atoms with Crippen molar-refractivity contribution in [2.45, 2.75) is 19.1 Å². The zero-order valence-electron chi connectivity index (χ0n) is 7.69. The number of fused-ring (bicyclic) bond motifs is 1. The third-order valence-electron chi connectivity index (χ3n) is 2.39. The maximum atomic E-state index is 11.6. The molecule has 2 aliphatic rings. The van der Waals surface area contributed by atoms with E-state index < -0.39 is 18.8 Å². The molecular formula is C10H10O4. The third-order valence-corrected chi connectivity index (χ3v) is 2.39. The van der Waals surface area contributed by atoms with Gasteiger partial charge in [-0.15, -0.1) is 0 Å². The van der Waals surface area contributed by atoms with Gasteiger partial charge in [0.05, 0.1) is 6.61 Å². The van der Waals surface area contributed by atoms with Crippen LogP contribution in [-0.2, 0) is 14.3 Å². The van der Waals surface area contributed by atoms with Crippen LogP contribution in [0.2, 0.25) is 0 Å². The van der Waals surface area contributed by atoms with Crippen molar-refractivity contribution in [3.8, 4) is 0 Å². The lowest BCUT2D eigenvalue weighted by Gasteiger charge is -2.10. The molecule has 74 valence electrons. The molecule has 0 bridgehead atoms. The molecule has 14 heavy (non-hydrogen) atoms. The van der Waals surface area contributed by atoms with Gasteiger partial charge in [-0.1, -0.05) is 12.2 Å². The van der Waals surface area contributed by atoms with Crippen LogP contribution in [-0.4, -0.2) is 35.5 Å². The zero-order chi connectivity index (χ0) is 10.3. The summed E-state index contributed by atoms with van der Waals surface area (Å²) in [7, 11) is 0. The van der Waals surface area contributed by atoms with Gasteiger partial charge in [-0.3, -0.25) is 9.59 Å². The van der Waals surface area contributed by atoms with Gasteiger partial charge in [0.25, 0.3) is 0 Å². The van der Waals surface area contributed by atoms with Gasteiger partial charge in [0.1, 0.15) is 0 Å². The molecule has 0 aromatic heterocycles. The first-order chi connectivity index (χ1) is 6.70. The number of ether oxygens (including phenoxy) is 1. The quantitative estimate of drug-likeness (QED) is 0.616. The molecule has 0 aromatic carbocycles. The number of carbonyl (C=O) groups is 2. The minimum atomic E-state index is -0.626. The number of rotatable bonds is 2. The minimum absolute atomic E-state index is 0.173. The van der Waals surface area contributed by atoms with Crippen molar-refractivity contribution in [1.29, 1.82) is 0 Å². The zero-order valence-corrected chi connectivity index (χ0v) is 7.69. The molecular weight excluding hydrogens is 184 g/mol. The lowest BCUT2D eigenvalue weighted by Crippen LogP contribution is -2.28. The van der Waals surface area contributed by atoms with E-state index in [0.717, 1.165) is 0 Å². The van der Waals surface area contributed by atoms with E-state index in [9.17, 15) is 9.59 Å².